The van der Waals surface area contributed by atoms with E-state index in [1.54, 1.807) is 12.1 Å². The molecule has 5 heteroatoms. The highest BCUT2D eigenvalue weighted by molar-refractivity contribution is 5.93. The zero-order chi connectivity index (χ0) is 27.4. The molecule has 0 radical (unpaired) electrons. The normalized spacial score (nSPS) is 28.2. The average Bonchev–Trinajstić information content (AvgIpc) is 3.09. The summed E-state index contributed by atoms with van der Waals surface area (Å²) in [4.78, 5) is 14.4. The molecular formula is C39H56FNO3. The van der Waals surface area contributed by atoms with Crippen molar-refractivity contribution in [1.82, 2.24) is 0 Å². The molecule has 0 aromatic heterocycles. The van der Waals surface area contributed by atoms with E-state index in [-0.39, 0.29) is 66.7 Å². The second-order valence-corrected chi connectivity index (χ2v) is 12.1. The van der Waals surface area contributed by atoms with Gasteiger partial charge in [0.25, 0.3) is 0 Å². The lowest BCUT2D eigenvalue weighted by molar-refractivity contribution is -0.114. The maximum atomic E-state index is 13.8. The smallest absolute Gasteiger partial charge is 0.156 e. The summed E-state index contributed by atoms with van der Waals surface area (Å²) in [6, 6.07) is 14.8. The zero-order valence-corrected chi connectivity index (χ0v) is 23.0. The van der Waals surface area contributed by atoms with Crippen LogP contribution in [0.25, 0.3) is 0 Å². The summed E-state index contributed by atoms with van der Waals surface area (Å²) in [5, 5.41) is 12.1. The molecule has 0 spiro atoms. The maximum absolute atomic E-state index is 13.8. The van der Waals surface area contributed by atoms with Gasteiger partial charge in [0, 0.05) is 37.2 Å². The minimum Gasteiger partial charge on any atom is -0.378 e. The number of hydrogen-bond acceptors (Lipinski definition) is 4. The standard InChI is InChI=1S/C34H36FNO3.5CH4/c1-33-21-39-32(23-7-10-26(11-8-23)36(2)3)31-28-14-12-27(37)20-24(28)9-13-29(31)30(33)16-18-34(33,38)17-15-22-5-4-6-25(35)19-22;;;;;/h4-8,10-11,19-20,29-30,32,38H,9,12-14,16,18,21H2,1-3H3;5*1H4/t29?,30?,32-,33+,34+;;;;;/m1...../s1. The second kappa shape index (κ2) is 14.7. The number of aliphatic hydroxyl groups is 1. The number of ketones is 1. The molecule has 3 aliphatic carbocycles. The molecule has 44 heavy (non-hydrogen) atoms. The van der Waals surface area contributed by atoms with Crippen molar-refractivity contribution in [3.05, 3.63) is 88.3 Å². The third-order valence-electron chi connectivity index (χ3n) is 9.67. The molecule has 2 aromatic rings. The summed E-state index contributed by atoms with van der Waals surface area (Å²) in [5.74, 6) is 6.56. The predicted octanol–water partition coefficient (Wildman–Crippen LogP) is 9.34. The minimum atomic E-state index is -1.25. The third-order valence-corrected chi connectivity index (χ3v) is 9.67. The van der Waals surface area contributed by atoms with Crippen LogP contribution in [0.5, 0.6) is 0 Å². The first-order chi connectivity index (χ1) is 18.7. The predicted molar refractivity (Wildman–Crippen MR) is 184 cm³/mol. The summed E-state index contributed by atoms with van der Waals surface area (Å²) < 4.78 is 20.6. The van der Waals surface area contributed by atoms with Crippen molar-refractivity contribution in [3.63, 3.8) is 0 Å². The van der Waals surface area contributed by atoms with Crippen LogP contribution in [0.4, 0.5) is 10.1 Å². The van der Waals surface area contributed by atoms with Gasteiger partial charge in [-0.1, -0.05) is 74.1 Å². The lowest BCUT2D eigenvalue weighted by Crippen LogP contribution is -2.48. The first-order valence-corrected chi connectivity index (χ1v) is 14.1. The first kappa shape index (κ1) is 38.8. The van der Waals surface area contributed by atoms with E-state index in [1.807, 2.05) is 20.2 Å². The van der Waals surface area contributed by atoms with Crippen molar-refractivity contribution in [3.8, 4) is 11.8 Å². The number of fused-ring (bicyclic) bond motifs is 4. The van der Waals surface area contributed by atoms with Gasteiger partial charge in [-0.3, -0.25) is 4.79 Å². The summed E-state index contributed by atoms with van der Waals surface area (Å²) >= 11 is 0. The number of allylic oxidation sites excluding steroid dienone is 3. The van der Waals surface area contributed by atoms with Gasteiger partial charge in [0.15, 0.2) is 5.78 Å². The molecule has 1 aliphatic heterocycles. The molecule has 2 aromatic carbocycles. The molecule has 0 amide bonds. The largest absolute Gasteiger partial charge is 0.378 e. The Labute approximate surface area is 267 Å². The zero-order valence-electron chi connectivity index (χ0n) is 23.0. The van der Waals surface area contributed by atoms with Gasteiger partial charge < -0.3 is 14.7 Å². The average molecular weight is 606 g/mol. The van der Waals surface area contributed by atoms with Gasteiger partial charge in [0.05, 0.1) is 6.61 Å². The number of ether oxygens (including phenoxy) is 1. The minimum absolute atomic E-state index is 0. The Morgan fingerprint density at radius 2 is 1.68 bits per heavy atom. The number of rotatable bonds is 2. The number of halogens is 1. The fourth-order valence-corrected chi connectivity index (χ4v) is 7.44. The highest BCUT2D eigenvalue weighted by Gasteiger charge is 2.61. The summed E-state index contributed by atoms with van der Waals surface area (Å²) in [7, 11) is 4.06. The van der Waals surface area contributed by atoms with Crippen LogP contribution in [0, 0.1) is 34.9 Å². The maximum Gasteiger partial charge on any atom is 0.156 e. The monoisotopic (exact) mass is 605 g/mol. The Hall–Kier alpha value is -3.20. The fourth-order valence-electron chi connectivity index (χ4n) is 7.44. The molecule has 1 saturated carbocycles. The van der Waals surface area contributed by atoms with E-state index in [1.165, 1.54) is 28.9 Å². The summed E-state index contributed by atoms with van der Waals surface area (Å²) in [6.45, 7) is 2.50. The van der Waals surface area contributed by atoms with Crippen LogP contribution in [-0.2, 0) is 9.53 Å². The molecule has 1 heterocycles. The Morgan fingerprint density at radius 3 is 2.34 bits per heavy atom. The van der Waals surface area contributed by atoms with Gasteiger partial charge in [-0.2, -0.15) is 0 Å². The number of benzene rings is 2. The van der Waals surface area contributed by atoms with Crippen LogP contribution in [0.15, 0.2) is 71.3 Å². The molecule has 242 valence electrons. The van der Waals surface area contributed by atoms with Crippen molar-refractivity contribution >= 4 is 11.5 Å². The molecule has 6 rings (SSSR count). The van der Waals surface area contributed by atoms with E-state index < -0.39 is 11.0 Å². The van der Waals surface area contributed by atoms with Gasteiger partial charge >= 0.3 is 0 Å². The van der Waals surface area contributed by atoms with Gasteiger partial charge in [-0.15, -0.1) is 0 Å². The molecule has 0 bridgehead atoms. The topological polar surface area (TPSA) is 49.8 Å². The van der Waals surface area contributed by atoms with Crippen LogP contribution in [0.1, 0.15) is 99.8 Å². The van der Waals surface area contributed by atoms with Gasteiger partial charge in [-0.05, 0) is 103 Å². The van der Waals surface area contributed by atoms with Crippen molar-refractivity contribution < 1.29 is 19.0 Å². The van der Waals surface area contributed by atoms with Crippen molar-refractivity contribution in [1.29, 1.82) is 0 Å². The van der Waals surface area contributed by atoms with E-state index in [4.69, 9.17) is 4.74 Å². The lowest BCUT2D eigenvalue weighted by atomic mass is 9.61. The van der Waals surface area contributed by atoms with E-state index in [2.05, 4.69) is 47.9 Å². The molecule has 1 N–H and O–H groups in total. The van der Waals surface area contributed by atoms with Gasteiger partial charge in [0.1, 0.15) is 17.5 Å². The lowest BCUT2D eigenvalue weighted by Gasteiger charge is -2.42. The number of carbonyl (C=O) groups is 1. The SMILES string of the molecule is C.C.C.C.C.CN(C)c1ccc([C@H]2OC[C@@]3(C)C(CC[C@@]3(O)C#Cc3cccc(F)c3)C3CCC4=CC(=O)CCC4=C32)cc1. The molecular weight excluding hydrogens is 549 g/mol. The number of nitrogens with zero attached hydrogens (tertiary/aromatic N) is 1. The Bertz CT molecular complexity index is 1430. The van der Waals surface area contributed by atoms with Crippen LogP contribution >= 0.6 is 0 Å². The number of carbonyl (C=O) groups excluding carboxylic acids is 1. The highest BCUT2D eigenvalue weighted by atomic mass is 19.1. The summed E-state index contributed by atoms with van der Waals surface area (Å²) in [5.41, 5.74) is 4.70. The molecule has 2 fully saturated rings. The number of hydrogen-bond donors (Lipinski definition) is 1. The van der Waals surface area contributed by atoms with E-state index in [0.29, 0.717) is 25.0 Å². The highest BCUT2D eigenvalue weighted by Crippen LogP contribution is 2.61. The van der Waals surface area contributed by atoms with Crippen LogP contribution in [-0.4, -0.2) is 37.2 Å². The van der Waals surface area contributed by atoms with Crippen LogP contribution in [0.3, 0.4) is 0 Å². The Morgan fingerprint density at radius 1 is 0.977 bits per heavy atom. The number of anilines is 1. The second-order valence-electron chi connectivity index (χ2n) is 12.1. The van der Waals surface area contributed by atoms with Crippen molar-refractivity contribution in [2.45, 2.75) is 94.3 Å². The quantitative estimate of drug-likeness (QED) is 0.347. The van der Waals surface area contributed by atoms with E-state index in [9.17, 15) is 14.3 Å². The Kier molecular flexibility index (Phi) is 13.0. The van der Waals surface area contributed by atoms with Crippen LogP contribution < -0.4 is 4.90 Å². The van der Waals surface area contributed by atoms with Gasteiger partial charge in [-0.25, -0.2) is 4.39 Å². The van der Waals surface area contributed by atoms with E-state index in [0.717, 1.165) is 36.9 Å². The molecule has 5 atom stereocenters. The van der Waals surface area contributed by atoms with Gasteiger partial charge in [0.2, 0.25) is 0 Å². The molecule has 4 aliphatic rings. The van der Waals surface area contributed by atoms with Crippen LogP contribution in [0.2, 0.25) is 0 Å². The summed E-state index contributed by atoms with van der Waals surface area (Å²) in [6.07, 6.45) is 6.12. The molecule has 2 unspecified atom stereocenters. The van der Waals surface area contributed by atoms with Crippen molar-refractivity contribution in [2.24, 2.45) is 17.3 Å². The third kappa shape index (κ3) is 6.58. The molecule has 1 saturated heterocycles. The first-order valence-electron chi connectivity index (χ1n) is 14.1. The fraction of sp³-hybridized carbons (Fsp3) is 0.513. The Balaban J connectivity index is 0.00000194. The molecule has 4 nitrogen and oxygen atoms in total. The van der Waals surface area contributed by atoms with Crippen molar-refractivity contribution in [2.75, 3.05) is 25.6 Å². The van der Waals surface area contributed by atoms with E-state index >= 15 is 0 Å².